The molecule has 6 nitrogen and oxygen atoms in total. The lowest BCUT2D eigenvalue weighted by Gasteiger charge is -2.19. The summed E-state index contributed by atoms with van der Waals surface area (Å²) in [5, 5.41) is 17.3. The highest BCUT2D eigenvalue weighted by Gasteiger charge is 2.23. The molecule has 0 bridgehead atoms. The Labute approximate surface area is 114 Å². The van der Waals surface area contributed by atoms with Gasteiger partial charge in [0.05, 0.1) is 6.04 Å². The molecule has 0 saturated carbocycles. The highest BCUT2D eigenvalue weighted by Crippen LogP contribution is 2.28. The number of nitrogens with one attached hydrogen (secondary N) is 1. The van der Waals surface area contributed by atoms with E-state index in [1.165, 1.54) is 0 Å². The number of nitriles is 1. The summed E-state index contributed by atoms with van der Waals surface area (Å²) < 4.78 is 1.78. The standard InChI is InChI=1S/C13H22N6/c1-3-10(2)19-12(15)11(9-14)13(17-19)18-7-4-5-16-6-8-18/h10,16H,3-8,15H2,1-2H3. The Kier molecular flexibility index (Phi) is 4.27. The van der Waals surface area contributed by atoms with Gasteiger partial charge in [-0.05, 0) is 26.3 Å². The first-order valence-corrected chi connectivity index (χ1v) is 6.92. The van der Waals surface area contributed by atoms with Crippen LogP contribution in [0.2, 0.25) is 0 Å². The third kappa shape index (κ3) is 2.66. The molecule has 2 heterocycles. The van der Waals surface area contributed by atoms with Gasteiger partial charge in [-0.1, -0.05) is 6.92 Å². The molecule has 19 heavy (non-hydrogen) atoms. The van der Waals surface area contributed by atoms with Crippen molar-refractivity contribution in [1.82, 2.24) is 15.1 Å². The summed E-state index contributed by atoms with van der Waals surface area (Å²) in [6.07, 6.45) is 2.00. The maximum atomic E-state index is 9.34. The third-order valence-electron chi connectivity index (χ3n) is 3.69. The quantitative estimate of drug-likeness (QED) is 0.852. The van der Waals surface area contributed by atoms with E-state index in [1.807, 2.05) is 0 Å². The minimum atomic E-state index is 0.214. The molecular weight excluding hydrogens is 240 g/mol. The monoisotopic (exact) mass is 262 g/mol. The average molecular weight is 262 g/mol. The van der Waals surface area contributed by atoms with Crippen LogP contribution in [0, 0.1) is 11.3 Å². The molecule has 3 N–H and O–H groups in total. The average Bonchev–Trinajstić information content (AvgIpc) is 2.61. The maximum Gasteiger partial charge on any atom is 0.170 e. The summed E-state index contributed by atoms with van der Waals surface area (Å²) in [4.78, 5) is 2.16. The number of anilines is 2. The topological polar surface area (TPSA) is 82.9 Å². The lowest BCUT2D eigenvalue weighted by atomic mass is 10.2. The summed E-state index contributed by atoms with van der Waals surface area (Å²) in [7, 11) is 0. The Bertz CT molecular complexity index is 464. The second kappa shape index (κ2) is 5.93. The Hall–Kier alpha value is -1.74. The zero-order chi connectivity index (χ0) is 13.8. The van der Waals surface area contributed by atoms with Gasteiger partial charge in [-0.15, -0.1) is 0 Å². The molecule has 0 aromatic carbocycles. The molecule has 0 amide bonds. The number of nitrogen functional groups attached to an aromatic ring is 1. The molecule has 0 radical (unpaired) electrons. The number of aromatic nitrogens is 2. The molecule has 0 aliphatic carbocycles. The van der Waals surface area contributed by atoms with Crippen LogP contribution in [-0.2, 0) is 0 Å². The van der Waals surface area contributed by atoms with Gasteiger partial charge in [0.25, 0.3) is 0 Å². The summed E-state index contributed by atoms with van der Waals surface area (Å²) in [6, 6.07) is 2.42. The van der Waals surface area contributed by atoms with Crippen molar-refractivity contribution in [3.63, 3.8) is 0 Å². The van der Waals surface area contributed by atoms with Gasteiger partial charge in [0.1, 0.15) is 17.5 Å². The Morgan fingerprint density at radius 3 is 2.95 bits per heavy atom. The first-order valence-electron chi connectivity index (χ1n) is 6.92. The molecule has 1 aliphatic heterocycles. The minimum absolute atomic E-state index is 0.214. The van der Waals surface area contributed by atoms with Crippen LogP contribution in [0.25, 0.3) is 0 Å². The Balaban J connectivity index is 2.36. The minimum Gasteiger partial charge on any atom is -0.383 e. The molecule has 1 saturated heterocycles. The fourth-order valence-electron chi connectivity index (χ4n) is 2.33. The van der Waals surface area contributed by atoms with Gasteiger partial charge in [0.2, 0.25) is 0 Å². The van der Waals surface area contributed by atoms with Gasteiger partial charge in [0.15, 0.2) is 5.82 Å². The lowest BCUT2D eigenvalue weighted by molar-refractivity contribution is 0.484. The summed E-state index contributed by atoms with van der Waals surface area (Å²) in [5.41, 5.74) is 6.59. The van der Waals surface area contributed by atoms with Crippen LogP contribution in [-0.4, -0.2) is 36.0 Å². The fourth-order valence-corrected chi connectivity index (χ4v) is 2.33. The van der Waals surface area contributed by atoms with E-state index in [-0.39, 0.29) is 6.04 Å². The zero-order valence-corrected chi connectivity index (χ0v) is 11.7. The first-order chi connectivity index (χ1) is 9.19. The number of hydrogen-bond acceptors (Lipinski definition) is 5. The number of rotatable bonds is 3. The van der Waals surface area contributed by atoms with Crippen LogP contribution in [0.1, 0.15) is 38.3 Å². The highest BCUT2D eigenvalue weighted by atomic mass is 15.4. The van der Waals surface area contributed by atoms with Gasteiger partial charge >= 0.3 is 0 Å². The van der Waals surface area contributed by atoms with Crippen molar-refractivity contribution in [1.29, 1.82) is 5.26 Å². The van der Waals surface area contributed by atoms with Crippen molar-refractivity contribution in [3.8, 4) is 6.07 Å². The highest BCUT2D eigenvalue weighted by molar-refractivity contribution is 5.65. The molecule has 1 aromatic rings. The number of nitrogens with two attached hydrogens (primary N) is 1. The van der Waals surface area contributed by atoms with E-state index < -0.39 is 0 Å². The van der Waals surface area contributed by atoms with Crippen LogP contribution in [0.3, 0.4) is 0 Å². The SMILES string of the molecule is CCC(C)n1nc(N2CCCNCC2)c(C#N)c1N. The fraction of sp³-hybridized carbons (Fsp3) is 0.692. The second-order valence-electron chi connectivity index (χ2n) is 4.99. The van der Waals surface area contributed by atoms with Crippen LogP contribution in [0.5, 0.6) is 0 Å². The first kappa shape index (κ1) is 13.7. The molecule has 1 fully saturated rings. The molecule has 1 aromatic heterocycles. The van der Waals surface area contributed by atoms with Crippen molar-refractivity contribution < 1.29 is 0 Å². The summed E-state index contributed by atoms with van der Waals surface area (Å²) in [6.45, 7) is 7.87. The Morgan fingerprint density at radius 2 is 2.26 bits per heavy atom. The van der Waals surface area contributed by atoms with Gasteiger partial charge in [-0.2, -0.15) is 10.4 Å². The van der Waals surface area contributed by atoms with E-state index in [9.17, 15) is 5.26 Å². The summed E-state index contributed by atoms with van der Waals surface area (Å²) >= 11 is 0. The molecule has 1 aliphatic rings. The van der Waals surface area contributed by atoms with E-state index >= 15 is 0 Å². The lowest BCUT2D eigenvalue weighted by Crippen LogP contribution is -2.28. The van der Waals surface area contributed by atoms with Crippen LogP contribution in [0.15, 0.2) is 0 Å². The van der Waals surface area contributed by atoms with Crippen molar-refractivity contribution in [2.75, 3.05) is 36.8 Å². The predicted molar refractivity (Wildman–Crippen MR) is 76.1 cm³/mol. The van der Waals surface area contributed by atoms with Gasteiger partial charge < -0.3 is 16.0 Å². The van der Waals surface area contributed by atoms with Gasteiger partial charge in [0, 0.05) is 19.6 Å². The summed E-state index contributed by atoms with van der Waals surface area (Å²) in [5.74, 6) is 1.23. The smallest absolute Gasteiger partial charge is 0.170 e. The predicted octanol–water partition coefficient (Wildman–Crippen LogP) is 1.11. The van der Waals surface area contributed by atoms with Gasteiger partial charge in [-0.3, -0.25) is 0 Å². The molecule has 2 rings (SSSR count). The van der Waals surface area contributed by atoms with Crippen molar-refractivity contribution in [2.45, 2.75) is 32.7 Å². The van der Waals surface area contributed by atoms with E-state index in [2.05, 4.69) is 35.2 Å². The molecule has 104 valence electrons. The zero-order valence-electron chi connectivity index (χ0n) is 11.7. The van der Waals surface area contributed by atoms with E-state index in [0.717, 1.165) is 44.8 Å². The normalized spacial score (nSPS) is 17.8. The maximum absolute atomic E-state index is 9.34. The Morgan fingerprint density at radius 1 is 1.47 bits per heavy atom. The van der Waals surface area contributed by atoms with E-state index in [4.69, 9.17) is 5.73 Å². The van der Waals surface area contributed by atoms with E-state index in [0.29, 0.717) is 11.4 Å². The van der Waals surface area contributed by atoms with Crippen LogP contribution in [0.4, 0.5) is 11.6 Å². The molecule has 1 atom stereocenters. The van der Waals surface area contributed by atoms with Crippen LogP contribution < -0.4 is 16.0 Å². The number of hydrogen-bond donors (Lipinski definition) is 2. The number of nitrogens with zero attached hydrogens (tertiary/aromatic N) is 4. The second-order valence-corrected chi connectivity index (χ2v) is 4.99. The van der Waals surface area contributed by atoms with Crippen LogP contribution >= 0.6 is 0 Å². The molecule has 0 spiro atoms. The van der Waals surface area contributed by atoms with E-state index in [1.54, 1.807) is 4.68 Å². The third-order valence-corrected chi connectivity index (χ3v) is 3.69. The molecular formula is C13H22N6. The largest absolute Gasteiger partial charge is 0.383 e. The van der Waals surface area contributed by atoms with Gasteiger partial charge in [-0.25, -0.2) is 4.68 Å². The van der Waals surface area contributed by atoms with Crippen molar-refractivity contribution in [2.24, 2.45) is 0 Å². The molecule has 6 heteroatoms. The van der Waals surface area contributed by atoms with Crippen molar-refractivity contribution >= 4 is 11.6 Å². The van der Waals surface area contributed by atoms with Crippen molar-refractivity contribution in [3.05, 3.63) is 5.56 Å². The molecule has 1 unspecified atom stereocenters.